The minimum Gasteiger partial charge on any atom is -0.494 e. The predicted octanol–water partition coefficient (Wildman–Crippen LogP) is 2.77. The number of nitrogens with zero attached hydrogens (tertiary/aromatic N) is 2. The van der Waals surface area contributed by atoms with E-state index in [9.17, 15) is 9.59 Å². The van der Waals surface area contributed by atoms with Crippen LogP contribution in [0.1, 0.15) is 39.5 Å². The topological polar surface area (TPSA) is 61.9 Å². The molecule has 2 fully saturated rings. The van der Waals surface area contributed by atoms with Gasteiger partial charge in [-0.2, -0.15) is 0 Å². The summed E-state index contributed by atoms with van der Waals surface area (Å²) in [7, 11) is 0. The van der Waals surface area contributed by atoms with Gasteiger partial charge in [-0.15, -0.1) is 0 Å². The Bertz CT molecular complexity index is 617. The molecule has 2 heterocycles. The first-order valence-electron chi connectivity index (χ1n) is 9.19. The fraction of sp³-hybridized carbons (Fsp3) is 0.579. The van der Waals surface area contributed by atoms with Crippen molar-refractivity contribution in [2.45, 2.75) is 51.6 Å². The molecule has 6 heteroatoms. The van der Waals surface area contributed by atoms with E-state index in [1.165, 1.54) is 6.42 Å². The Hall–Kier alpha value is -2.24. The fourth-order valence-corrected chi connectivity index (χ4v) is 3.60. The van der Waals surface area contributed by atoms with E-state index in [0.29, 0.717) is 19.6 Å². The van der Waals surface area contributed by atoms with Crippen LogP contribution in [0.15, 0.2) is 24.3 Å². The molecule has 0 spiro atoms. The third-order valence-electron chi connectivity index (χ3n) is 4.98. The van der Waals surface area contributed by atoms with Gasteiger partial charge in [-0.05, 0) is 57.4 Å². The van der Waals surface area contributed by atoms with Crippen LogP contribution >= 0.6 is 0 Å². The number of likely N-dealkylation sites (tertiary alicyclic amines) is 1. The van der Waals surface area contributed by atoms with Gasteiger partial charge >= 0.3 is 6.03 Å². The summed E-state index contributed by atoms with van der Waals surface area (Å²) in [4.78, 5) is 28.5. The third-order valence-corrected chi connectivity index (χ3v) is 4.98. The number of nitrogens with one attached hydrogen (secondary N) is 1. The number of amides is 3. The molecule has 2 aliphatic heterocycles. The van der Waals surface area contributed by atoms with Gasteiger partial charge in [0.15, 0.2) is 0 Å². The second-order valence-electron chi connectivity index (χ2n) is 6.82. The first-order chi connectivity index (χ1) is 12.1. The smallest absolute Gasteiger partial charge is 0.317 e. The van der Waals surface area contributed by atoms with Gasteiger partial charge in [-0.1, -0.05) is 0 Å². The zero-order valence-electron chi connectivity index (χ0n) is 15.0. The second kappa shape index (κ2) is 7.76. The minimum atomic E-state index is -0.138. The predicted molar refractivity (Wildman–Crippen MR) is 96.9 cm³/mol. The molecular weight excluding hydrogens is 318 g/mol. The molecule has 0 aliphatic carbocycles. The van der Waals surface area contributed by atoms with E-state index in [4.69, 9.17) is 4.74 Å². The zero-order chi connectivity index (χ0) is 17.8. The van der Waals surface area contributed by atoms with Crippen LogP contribution in [0.3, 0.4) is 0 Å². The summed E-state index contributed by atoms with van der Waals surface area (Å²) < 4.78 is 5.44. The normalized spacial score (nSPS) is 23.7. The molecule has 3 rings (SSSR count). The highest BCUT2D eigenvalue weighted by molar-refractivity contribution is 5.96. The van der Waals surface area contributed by atoms with Gasteiger partial charge in [0.05, 0.1) is 12.6 Å². The number of rotatable bonds is 4. The number of hydrogen-bond acceptors (Lipinski definition) is 3. The van der Waals surface area contributed by atoms with Gasteiger partial charge in [0.1, 0.15) is 5.75 Å². The highest BCUT2D eigenvalue weighted by Crippen LogP contribution is 2.25. The minimum absolute atomic E-state index is 0.0427. The van der Waals surface area contributed by atoms with Crippen molar-refractivity contribution in [2.24, 2.45) is 0 Å². The van der Waals surface area contributed by atoms with Gasteiger partial charge in [0.2, 0.25) is 5.91 Å². The number of benzene rings is 1. The molecule has 0 aromatic heterocycles. The summed E-state index contributed by atoms with van der Waals surface area (Å²) in [6.07, 6.45) is 3.63. The Morgan fingerprint density at radius 1 is 1.28 bits per heavy atom. The van der Waals surface area contributed by atoms with Crippen molar-refractivity contribution in [3.63, 3.8) is 0 Å². The van der Waals surface area contributed by atoms with Crippen LogP contribution in [-0.4, -0.2) is 48.6 Å². The Morgan fingerprint density at radius 3 is 2.72 bits per heavy atom. The zero-order valence-corrected chi connectivity index (χ0v) is 15.0. The molecule has 0 unspecified atom stereocenters. The number of piperidine rings is 1. The highest BCUT2D eigenvalue weighted by Gasteiger charge is 2.33. The lowest BCUT2D eigenvalue weighted by atomic mass is 10.0. The van der Waals surface area contributed by atoms with Gasteiger partial charge < -0.3 is 19.9 Å². The lowest BCUT2D eigenvalue weighted by molar-refractivity contribution is -0.117. The molecule has 25 heavy (non-hydrogen) atoms. The molecule has 0 bridgehead atoms. The molecule has 2 atom stereocenters. The molecule has 0 saturated carbocycles. The van der Waals surface area contributed by atoms with Crippen LogP contribution in [0.5, 0.6) is 5.75 Å². The van der Waals surface area contributed by atoms with Crippen molar-refractivity contribution in [2.75, 3.05) is 24.6 Å². The quantitative estimate of drug-likeness (QED) is 0.913. The van der Waals surface area contributed by atoms with Crippen LogP contribution in [0.2, 0.25) is 0 Å². The van der Waals surface area contributed by atoms with Crippen molar-refractivity contribution < 1.29 is 14.3 Å². The molecule has 2 saturated heterocycles. The summed E-state index contributed by atoms with van der Waals surface area (Å²) in [6, 6.07) is 7.60. The fourth-order valence-electron chi connectivity index (χ4n) is 3.60. The van der Waals surface area contributed by atoms with Crippen LogP contribution in [0, 0.1) is 0 Å². The SMILES string of the molecule is CCOc1ccc(N2C[C@H](NC(=O)N3CCCC[C@H]3C)CC2=O)cc1. The molecule has 1 aromatic rings. The average molecular weight is 345 g/mol. The summed E-state index contributed by atoms with van der Waals surface area (Å²) in [5.41, 5.74) is 0.844. The Balaban J connectivity index is 1.59. The molecule has 1 N–H and O–H groups in total. The third kappa shape index (κ3) is 4.06. The number of hydrogen-bond donors (Lipinski definition) is 1. The van der Waals surface area contributed by atoms with E-state index in [-0.39, 0.29) is 24.0 Å². The maximum Gasteiger partial charge on any atom is 0.317 e. The molecule has 1 aromatic carbocycles. The maximum absolute atomic E-state index is 12.5. The van der Waals surface area contributed by atoms with Crippen molar-refractivity contribution >= 4 is 17.6 Å². The average Bonchev–Trinajstić information content (AvgIpc) is 2.96. The van der Waals surface area contributed by atoms with Gasteiger partial charge in [-0.25, -0.2) is 4.79 Å². The lowest BCUT2D eigenvalue weighted by Gasteiger charge is -2.34. The van der Waals surface area contributed by atoms with Crippen LogP contribution in [-0.2, 0) is 4.79 Å². The standard InChI is InChI=1S/C19H27N3O3/c1-3-25-17-9-7-16(8-10-17)22-13-15(12-18(22)23)20-19(24)21-11-5-4-6-14(21)2/h7-10,14-15H,3-6,11-13H2,1-2H3,(H,20,24)/t14-,15-/m1/s1. The van der Waals surface area contributed by atoms with Crippen molar-refractivity contribution in [1.29, 1.82) is 0 Å². The van der Waals surface area contributed by atoms with Gasteiger partial charge in [0, 0.05) is 31.2 Å². The first kappa shape index (κ1) is 17.6. The molecular formula is C19H27N3O3. The molecule has 0 radical (unpaired) electrons. The summed E-state index contributed by atoms with van der Waals surface area (Å²) in [5.74, 6) is 0.836. The van der Waals surface area contributed by atoms with E-state index in [0.717, 1.165) is 30.8 Å². The largest absolute Gasteiger partial charge is 0.494 e. The molecule has 3 amide bonds. The van der Waals surface area contributed by atoms with Crippen LogP contribution in [0.4, 0.5) is 10.5 Å². The molecule has 6 nitrogen and oxygen atoms in total. The van der Waals surface area contributed by atoms with E-state index in [1.807, 2.05) is 36.1 Å². The van der Waals surface area contributed by atoms with Crippen molar-refractivity contribution in [3.8, 4) is 5.75 Å². The van der Waals surface area contributed by atoms with E-state index in [2.05, 4.69) is 12.2 Å². The van der Waals surface area contributed by atoms with E-state index >= 15 is 0 Å². The van der Waals surface area contributed by atoms with Crippen LogP contribution in [0.25, 0.3) is 0 Å². The Morgan fingerprint density at radius 2 is 2.04 bits per heavy atom. The van der Waals surface area contributed by atoms with E-state index in [1.54, 1.807) is 4.90 Å². The summed E-state index contributed by atoms with van der Waals surface area (Å²) in [5, 5.41) is 3.04. The summed E-state index contributed by atoms with van der Waals surface area (Å²) in [6.45, 7) is 5.96. The number of carbonyl (C=O) groups is 2. The number of carbonyl (C=O) groups excluding carboxylic acids is 2. The monoisotopic (exact) mass is 345 g/mol. The number of anilines is 1. The van der Waals surface area contributed by atoms with Crippen molar-refractivity contribution in [3.05, 3.63) is 24.3 Å². The Kier molecular flexibility index (Phi) is 5.46. The molecule has 136 valence electrons. The second-order valence-corrected chi connectivity index (χ2v) is 6.82. The number of urea groups is 1. The maximum atomic E-state index is 12.5. The lowest BCUT2D eigenvalue weighted by Crippen LogP contribution is -2.50. The van der Waals surface area contributed by atoms with E-state index < -0.39 is 0 Å². The van der Waals surface area contributed by atoms with Crippen LogP contribution < -0.4 is 15.0 Å². The highest BCUT2D eigenvalue weighted by atomic mass is 16.5. The first-order valence-corrected chi connectivity index (χ1v) is 9.19. The summed E-state index contributed by atoms with van der Waals surface area (Å²) >= 11 is 0. The number of ether oxygens (including phenoxy) is 1. The Labute approximate surface area is 149 Å². The van der Waals surface area contributed by atoms with Gasteiger partial charge in [-0.3, -0.25) is 4.79 Å². The van der Waals surface area contributed by atoms with Gasteiger partial charge in [0.25, 0.3) is 0 Å². The molecule has 2 aliphatic rings. The van der Waals surface area contributed by atoms with Crippen molar-refractivity contribution in [1.82, 2.24) is 10.2 Å².